The Morgan fingerprint density at radius 2 is 1.97 bits per heavy atom. The largest absolute Gasteiger partial charge is 0.507 e. The number of unbranched alkanes of at least 4 members (excludes halogenated alkanes) is 2. The molecule has 0 atom stereocenters. The Kier molecular flexibility index (Phi) is 7.03. The highest BCUT2D eigenvalue weighted by Gasteiger charge is 2.24. The number of H-pyrrole nitrogens is 1. The first-order valence-corrected chi connectivity index (χ1v) is 10.4. The van der Waals surface area contributed by atoms with Crippen LogP contribution in [0.2, 0.25) is 0 Å². The number of aromatic amines is 1. The van der Waals surface area contributed by atoms with Crippen molar-refractivity contribution >= 4 is 0 Å². The molecule has 0 fully saturated rings. The van der Waals surface area contributed by atoms with Crippen LogP contribution in [0.15, 0.2) is 36.4 Å². The van der Waals surface area contributed by atoms with Crippen molar-refractivity contribution in [2.45, 2.75) is 58.3 Å². The summed E-state index contributed by atoms with van der Waals surface area (Å²) in [7, 11) is 0. The number of nitrogens with zero attached hydrogens (tertiary/aromatic N) is 3. The molecule has 1 aromatic heterocycles. The van der Waals surface area contributed by atoms with Crippen LogP contribution in [-0.2, 0) is 11.8 Å². The first-order valence-electron chi connectivity index (χ1n) is 10.4. The molecule has 0 aliphatic carbocycles. The Hall–Kier alpha value is -2.96. The molecule has 0 saturated carbocycles. The lowest BCUT2D eigenvalue weighted by Crippen LogP contribution is -2.19. The second kappa shape index (κ2) is 9.69. The minimum atomic E-state index is -0.326. The van der Waals surface area contributed by atoms with Crippen molar-refractivity contribution in [3.8, 4) is 22.6 Å². The van der Waals surface area contributed by atoms with Gasteiger partial charge < -0.3 is 9.84 Å². The average molecular weight is 413 g/mol. The monoisotopic (exact) mass is 412 g/mol. The predicted molar refractivity (Wildman–Crippen MR) is 114 cm³/mol. The molecule has 0 unspecified atom stereocenters. The molecule has 0 saturated heterocycles. The standard InChI is InChI=1S/C23H29FN4O2/c1-4-16-14-19(17-9-8-10-18(24)13-17)20(29)15-21(16)30-12-7-5-6-11-23(2,3)22-25-27-28-26-22/h8-10,13-15,29H,4-7,11-12H2,1-3H3,(H,25,26,27,28). The van der Waals surface area contributed by atoms with E-state index in [9.17, 15) is 9.50 Å². The maximum Gasteiger partial charge on any atom is 0.180 e. The summed E-state index contributed by atoms with van der Waals surface area (Å²) in [6.45, 7) is 6.85. The Balaban J connectivity index is 1.53. The molecular formula is C23H29FN4O2. The zero-order valence-electron chi connectivity index (χ0n) is 17.8. The Morgan fingerprint density at radius 3 is 2.67 bits per heavy atom. The fourth-order valence-electron chi connectivity index (χ4n) is 3.50. The molecular weight excluding hydrogens is 383 g/mol. The number of aromatic nitrogens is 4. The van der Waals surface area contributed by atoms with E-state index in [-0.39, 0.29) is 17.0 Å². The highest BCUT2D eigenvalue weighted by atomic mass is 19.1. The summed E-state index contributed by atoms with van der Waals surface area (Å²) >= 11 is 0. The number of aryl methyl sites for hydroxylation is 1. The predicted octanol–water partition coefficient (Wildman–Crippen LogP) is 5.19. The third-order valence-corrected chi connectivity index (χ3v) is 5.35. The molecule has 0 radical (unpaired) electrons. The van der Waals surface area contributed by atoms with Crippen molar-refractivity contribution in [1.82, 2.24) is 20.6 Å². The molecule has 7 heteroatoms. The van der Waals surface area contributed by atoms with E-state index in [1.54, 1.807) is 18.2 Å². The molecule has 160 valence electrons. The van der Waals surface area contributed by atoms with Gasteiger partial charge in [-0.1, -0.05) is 51.0 Å². The Bertz CT molecular complexity index is 958. The summed E-state index contributed by atoms with van der Waals surface area (Å²) < 4.78 is 19.5. The van der Waals surface area contributed by atoms with Gasteiger partial charge in [0.15, 0.2) is 5.82 Å². The van der Waals surface area contributed by atoms with Gasteiger partial charge in [-0.25, -0.2) is 4.39 Å². The maximum atomic E-state index is 13.6. The minimum absolute atomic E-state index is 0.0923. The van der Waals surface area contributed by atoms with E-state index in [4.69, 9.17) is 4.74 Å². The van der Waals surface area contributed by atoms with Crippen LogP contribution in [0.4, 0.5) is 4.39 Å². The third kappa shape index (κ3) is 5.34. The van der Waals surface area contributed by atoms with Gasteiger partial charge >= 0.3 is 0 Å². The molecule has 3 aromatic rings. The van der Waals surface area contributed by atoms with Crippen molar-refractivity contribution in [1.29, 1.82) is 0 Å². The van der Waals surface area contributed by atoms with Crippen LogP contribution in [0.25, 0.3) is 11.1 Å². The van der Waals surface area contributed by atoms with Crippen molar-refractivity contribution in [3.05, 3.63) is 53.6 Å². The van der Waals surface area contributed by atoms with Gasteiger partial charge in [-0.2, -0.15) is 5.21 Å². The molecule has 30 heavy (non-hydrogen) atoms. The van der Waals surface area contributed by atoms with E-state index < -0.39 is 0 Å². The number of rotatable bonds is 10. The van der Waals surface area contributed by atoms with Gasteiger partial charge in [0, 0.05) is 17.0 Å². The fourth-order valence-corrected chi connectivity index (χ4v) is 3.50. The quantitative estimate of drug-likeness (QED) is 0.448. The molecule has 0 amide bonds. The number of halogens is 1. The summed E-state index contributed by atoms with van der Waals surface area (Å²) in [5.74, 6) is 1.19. The van der Waals surface area contributed by atoms with E-state index in [0.717, 1.165) is 43.5 Å². The number of benzene rings is 2. The van der Waals surface area contributed by atoms with Crippen molar-refractivity contribution in [2.24, 2.45) is 0 Å². The second-order valence-corrected chi connectivity index (χ2v) is 8.12. The van der Waals surface area contributed by atoms with E-state index in [2.05, 4.69) is 34.5 Å². The van der Waals surface area contributed by atoms with Crippen LogP contribution in [0.5, 0.6) is 11.5 Å². The summed E-state index contributed by atoms with van der Waals surface area (Å²) in [5.41, 5.74) is 2.15. The summed E-state index contributed by atoms with van der Waals surface area (Å²) in [4.78, 5) is 0. The van der Waals surface area contributed by atoms with Crippen molar-refractivity contribution in [2.75, 3.05) is 6.61 Å². The lowest BCUT2D eigenvalue weighted by atomic mass is 9.86. The fraction of sp³-hybridized carbons (Fsp3) is 0.435. The van der Waals surface area contributed by atoms with Gasteiger partial charge in [-0.3, -0.25) is 0 Å². The second-order valence-electron chi connectivity index (χ2n) is 8.12. The molecule has 0 aliphatic heterocycles. The molecule has 2 aromatic carbocycles. The molecule has 3 rings (SSSR count). The van der Waals surface area contributed by atoms with Gasteiger partial charge in [-0.15, -0.1) is 10.2 Å². The van der Waals surface area contributed by atoms with Gasteiger partial charge in [0.1, 0.15) is 17.3 Å². The van der Waals surface area contributed by atoms with Crippen LogP contribution in [0.3, 0.4) is 0 Å². The van der Waals surface area contributed by atoms with Crippen LogP contribution < -0.4 is 4.74 Å². The molecule has 2 N–H and O–H groups in total. The van der Waals surface area contributed by atoms with Crippen LogP contribution in [0.1, 0.15) is 57.8 Å². The molecule has 0 aliphatic rings. The smallest absolute Gasteiger partial charge is 0.180 e. The number of tetrazole rings is 1. The SMILES string of the molecule is CCc1cc(-c2cccc(F)c2)c(O)cc1OCCCCCC(C)(C)c1nn[nH]n1. The zero-order valence-corrected chi connectivity index (χ0v) is 17.8. The number of nitrogens with one attached hydrogen (secondary N) is 1. The van der Waals surface area contributed by atoms with Crippen LogP contribution >= 0.6 is 0 Å². The van der Waals surface area contributed by atoms with Gasteiger partial charge in [0.25, 0.3) is 0 Å². The number of hydrogen-bond donors (Lipinski definition) is 2. The minimum Gasteiger partial charge on any atom is -0.507 e. The number of phenolic OH excluding ortho intramolecular Hbond substituents is 1. The Labute approximate surface area is 176 Å². The van der Waals surface area contributed by atoms with Crippen LogP contribution in [-0.4, -0.2) is 32.3 Å². The van der Waals surface area contributed by atoms with Crippen LogP contribution in [0, 0.1) is 5.82 Å². The summed E-state index contributed by atoms with van der Waals surface area (Å²) in [6.07, 6.45) is 4.70. The van der Waals surface area contributed by atoms with E-state index in [0.29, 0.717) is 23.5 Å². The first kappa shape index (κ1) is 21.7. The number of hydrogen-bond acceptors (Lipinski definition) is 5. The summed E-state index contributed by atoms with van der Waals surface area (Å²) in [5, 5.41) is 24.8. The normalized spacial score (nSPS) is 11.6. The Morgan fingerprint density at radius 1 is 1.13 bits per heavy atom. The maximum absolute atomic E-state index is 13.6. The number of phenols is 1. The third-order valence-electron chi connectivity index (χ3n) is 5.35. The molecule has 1 heterocycles. The highest BCUT2D eigenvalue weighted by Crippen LogP contribution is 2.36. The summed E-state index contributed by atoms with van der Waals surface area (Å²) in [6, 6.07) is 9.76. The van der Waals surface area contributed by atoms with Crippen molar-refractivity contribution < 1.29 is 14.2 Å². The topological polar surface area (TPSA) is 83.9 Å². The van der Waals surface area contributed by atoms with E-state index in [1.807, 2.05) is 13.0 Å². The lowest BCUT2D eigenvalue weighted by molar-refractivity contribution is 0.296. The molecule has 0 bridgehead atoms. The zero-order chi connectivity index (χ0) is 21.6. The van der Waals surface area contributed by atoms with E-state index >= 15 is 0 Å². The van der Waals surface area contributed by atoms with Gasteiger partial charge in [0.05, 0.1) is 6.61 Å². The first-order chi connectivity index (χ1) is 14.4. The molecule has 6 nitrogen and oxygen atoms in total. The highest BCUT2D eigenvalue weighted by molar-refractivity contribution is 5.72. The van der Waals surface area contributed by atoms with Crippen molar-refractivity contribution in [3.63, 3.8) is 0 Å². The molecule has 0 spiro atoms. The number of aromatic hydroxyl groups is 1. The average Bonchev–Trinajstić information content (AvgIpc) is 3.26. The van der Waals surface area contributed by atoms with Gasteiger partial charge in [-0.05, 0) is 48.6 Å². The number of ether oxygens (including phenoxy) is 1. The van der Waals surface area contributed by atoms with E-state index in [1.165, 1.54) is 12.1 Å². The van der Waals surface area contributed by atoms with Gasteiger partial charge in [0.2, 0.25) is 0 Å². The lowest BCUT2D eigenvalue weighted by Gasteiger charge is -2.20.